The van der Waals surface area contributed by atoms with E-state index in [1.165, 1.54) is 16.7 Å². The molecule has 3 heterocycles. The number of rotatable bonds is 5. The van der Waals surface area contributed by atoms with Crippen LogP contribution >= 0.6 is 0 Å². The van der Waals surface area contributed by atoms with Gasteiger partial charge in [0.2, 0.25) is 0 Å². The summed E-state index contributed by atoms with van der Waals surface area (Å²) in [7, 11) is 0. The van der Waals surface area contributed by atoms with Crippen molar-refractivity contribution in [3.05, 3.63) is 181 Å². The van der Waals surface area contributed by atoms with E-state index in [0.717, 1.165) is 83.9 Å². The highest BCUT2D eigenvalue weighted by Crippen LogP contribution is 2.43. The minimum absolute atomic E-state index is 0.00427. The molecule has 0 N–H and O–H groups in total. The lowest BCUT2D eigenvalue weighted by molar-refractivity contribution is 0.668. The van der Waals surface area contributed by atoms with E-state index < -0.39 is 0 Å². The number of para-hydroxylation sites is 1. The van der Waals surface area contributed by atoms with E-state index in [4.69, 9.17) is 23.8 Å². The lowest BCUT2D eigenvalue weighted by Crippen LogP contribution is -2.12. The topological polar surface area (TPSA) is 65.0 Å². The van der Waals surface area contributed by atoms with Gasteiger partial charge < -0.3 is 8.83 Å². The molecule has 0 aliphatic heterocycles. The lowest BCUT2D eigenvalue weighted by atomic mass is 9.89. The molecule has 0 spiro atoms. The van der Waals surface area contributed by atoms with Gasteiger partial charge in [-0.15, -0.1) is 0 Å². The normalized spacial score (nSPS) is 14.0. The first-order valence-electron chi connectivity index (χ1n) is 18.3. The zero-order chi connectivity index (χ0) is 35.6. The monoisotopic (exact) mass is 693 g/mol. The van der Waals surface area contributed by atoms with Gasteiger partial charge in [0, 0.05) is 38.6 Å². The summed E-state index contributed by atoms with van der Waals surface area (Å²) in [5.41, 5.74) is 12.1. The molecule has 3 aromatic heterocycles. The Labute approximate surface area is 310 Å². The minimum atomic E-state index is -0.00427. The molecule has 0 amide bonds. The lowest BCUT2D eigenvalue weighted by Gasteiger charge is -2.19. The van der Waals surface area contributed by atoms with Crippen LogP contribution in [0.15, 0.2) is 173 Å². The Morgan fingerprint density at radius 2 is 1.07 bits per heavy atom. The van der Waals surface area contributed by atoms with Gasteiger partial charge in [0.1, 0.15) is 28.2 Å². The molecule has 1 aliphatic rings. The van der Waals surface area contributed by atoms with E-state index in [2.05, 4.69) is 121 Å². The average Bonchev–Trinajstić information content (AvgIpc) is 3.82. The van der Waals surface area contributed by atoms with E-state index in [0.29, 0.717) is 11.6 Å². The third-order valence-corrected chi connectivity index (χ3v) is 10.7. The Bertz CT molecular complexity index is 3080. The number of nitrogens with zero attached hydrogens (tertiary/aromatic N) is 3. The van der Waals surface area contributed by atoms with Crippen LogP contribution in [0, 0.1) is 0 Å². The second-order valence-electron chi connectivity index (χ2n) is 13.9. The van der Waals surface area contributed by atoms with Crippen molar-refractivity contribution in [2.75, 3.05) is 0 Å². The second-order valence-corrected chi connectivity index (χ2v) is 13.9. The van der Waals surface area contributed by atoms with Crippen LogP contribution in [-0.4, -0.2) is 15.0 Å². The predicted octanol–water partition coefficient (Wildman–Crippen LogP) is 12.7. The predicted molar refractivity (Wildman–Crippen MR) is 218 cm³/mol. The third-order valence-electron chi connectivity index (χ3n) is 10.7. The first-order valence-corrected chi connectivity index (χ1v) is 18.3. The highest BCUT2D eigenvalue weighted by atomic mass is 16.3. The van der Waals surface area contributed by atoms with Crippen molar-refractivity contribution in [2.24, 2.45) is 0 Å². The van der Waals surface area contributed by atoms with E-state index in [1.807, 2.05) is 48.5 Å². The van der Waals surface area contributed by atoms with E-state index in [1.54, 1.807) is 0 Å². The van der Waals surface area contributed by atoms with Crippen LogP contribution in [0.3, 0.4) is 0 Å². The Morgan fingerprint density at radius 3 is 1.94 bits per heavy atom. The third kappa shape index (κ3) is 5.05. The summed E-state index contributed by atoms with van der Waals surface area (Å²) in [6.07, 6.45) is 5.23. The molecule has 0 saturated carbocycles. The summed E-state index contributed by atoms with van der Waals surface area (Å²) in [4.78, 5) is 15.6. The smallest absolute Gasteiger partial charge is 0.164 e. The standard InChI is InChI=1S/C49H31N3O2/c1-2-10-30(11-3-1)32-20-23-33(24-21-32)47-50-48(36-25-22-31-12-4-5-13-34(31)28-36)52-49(51-47)40-16-9-19-43-46(40)45-37(15-8-18-42(45)54-43)35-26-27-39-38-14-6-7-17-41(38)53-44(39)29-35/h1-27,29,36H,28H2. The highest BCUT2D eigenvalue weighted by Gasteiger charge is 2.24. The Hall–Kier alpha value is -7.11. The van der Waals surface area contributed by atoms with Gasteiger partial charge >= 0.3 is 0 Å². The molecule has 54 heavy (non-hydrogen) atoms. The molecule has 1 atom stereocenters. The van der Waals surface area contributed by atoms with Gasteiger partial charge in [-0.05, 0) is 70.1 Å². The zero-order valence-corrected chi connectivity index (χ0v) is 29.1. The fourth-order valence-electron chi connectivity index (χ4n) is 8.02. The molecule has 254 valence electrons. The molecule has 0 fully saturated rings. The van der Waals surface area contributed by atoms with Crippen LogP contribution in [0.25, 0.3) is 95.0 Å². The molecule has 10 aromatic rings. The molecule has 0 radical (unpaired) electrons. The van der Waals surface area contributed by atoms with Crippen LogP contribution in [0.2, 0.25) is 0 Å². The molecule has 5 heteroatoms. The van der Waals surface area contributed by atoms with Gasteiger partial charge in [0.05, 0.1) is 0 Å². The van der Waals surface area contributed by atoms with E-state index in [-0.39, 0.29) is 5.92 Å². The first-order chi connectivity index (χ1) is 26.7. The van der Waals surface area contributed by atoms with Gasteiger partial charge in [0.25, 0.3) is 0 Å². The molecule has 0 bridgehead atoms. The second kappa shape index (κ2) is 12.2. The zero-order valence-electron chi connectivity index (χ0n) is 29.1. The summed E-state index contributed by atoms with van der Waals surface area (Å²) in [5.74, 6) is 2.00. The van der Waals surface area contributed by atoms with Crippen molar-refractivity contribution in [1.29, 1.82) is 0 Å². The van der Waals surface area contributed by atoms with Gasteiger partial charge in [0.15, 0.2) is 11.6 Å². The van der Waals surface area contributed by atoms with Crippen molar-refractivity contribution in [1.82, 2.24) is 15.0 Å². The van der Waals surface area contributed by atoms with Crippen LogP contribution in [0.4, 0.5) is 0 Å². The van der Waals surface area contributed by atoms with Crippen LogP contribution in [0.1, 0.15) is 22.9 Å². The van der Waals surface area contributed by atoms with Gasteiger partial charge in [-0.3, -0.25) is 0 Å². The molecule has 1 aliphatic carbocycles. The molecule has 1 unspecified atom stereocenters. The number of furan rings is 2. The summed E-state index contributed by atoms with van der Waals surface area (Å²) in [6.45, 7) is 0. The van der Waals surface area contributed by atoms with Crippen molar-refractivity contribution in [2.45, 2.75) is 12.3 Å². The first kappa shape index (κ1) is 30.5. The quantitative estimate of drug-likeness (QED) is 0.179. The average molecular weight is 694 g/mol. The molecule has 0 saturated heterocycles. The van der Waals surface area contributed by atoms with Gasteiger partial charge in [-0.2, -0.15) is 0 Å². The Morgan fingerprint density at radius 1 is 0.444 bits per heavy atom. The maximum atomic E-state index is 6.56. The van der Waals surface area contributed by atoms with Gasteiger partial charge in [-0.25, -0.2) is 15.0 Å². The van der Waals surface area contributed by atoms with Crippen LogP contribution in [0.5, 0.6) is 0 Å². The number of aromatic nitrogens is 3. The summed E-state index contributed by atoms with van der Waals surface area (Å²) >= 11 is 0. The van der Waals surface area contributed by atoms with Crippen LogP contribution in [-0.2, 0) is 6.42 Å². The largest absolute Gasteiger partial charge is 0.456 e. The maximum absolute atomic E-state index is 6.56. The van der Waals surface area contributed by atoms with Crippen molar-refractivity contribution in [3.63, 3.8) is 0 Å². The summed E-state index contributed by atoms with van der Waals surface area (Å²) in [6, 6.07) is 54.5. The Balaban J connectivity index is 1.10. The fourth-order valence-corrected chi connectivity index (χ4v) is 8.02. The SMILES string of the molecule is C1=CC(c2nc(-c3ccc(-c4ccccc4)cc3)nc(-c3cccc4oc5cccc(-c6ccc7c(c6)oc6ccccc67)c5c34)n2)Cc2ccccc21. The number of allylic oxidation sites excluding steroid dienone is 1. The molecular weight excluding hydrogens is 663 g/mol. The molecule has 11 rings (SSSR count). The van der Waals surface area contributed by atoms with Crippen molar-refractivity contribution < 1.29 is 8.83 Å². The highest BCUT2D eigenvalue weighted by molar-refractivity contribution is 6.18. The summed E-state index contributed by atoms with van der Waals surface area (Å²) in [5, 5.41) is 4.20. The van der Waals surface area contributed by atoms with Crippen molar-refractivity contribution >= 4 is 50.0 Å². The molecular formula is C49H31N3O2. The summed E-state index contributed by atoms with van der Waals surface area (Å²) < 4.78 is 12.9. The van der Waals surface area contributed by atoms with E-state index in [9.17, 15) is 0 Å². The Kier molecular flexibility index (Phi) is 6.92. The van der Waals surface area contributed by atoms with Gasteiger partial charge in [-0.1, -0.05) is 140 Å². The van der Waals surface area contributed by atoms with Crippen molar-refractivity contribution in [3.8, 4) is 45.0 Å². The number of fused-ring (bicyclic) bond motifs is 7. The number of hydrogen-bond acceptors (Lipinski definition) is 5. The fraction of sp³-hybridized carbons (Fsp3) is 0.0408. The number of benzene rings is 7. The number of hydrogen-bond donors (Lipinski definition) is 0. The molecule has 7 aromatic carbocycles. The van der Waals surface area contributed by atoms with Crippen LogP contribution < -0.4 is 0 Å². The minimum Gasteiger partial charge on any atom is -0.456 e. The van der Waals surface area contributed by atoms with E-state index >= 15 is 0 Å². The maximum Gasteiger partial charge on any atom is 0.164 e. The molecule has 5 nitrogen and oxygen atoms in total.